The van der Waals surface area contributed by atoms with Crippen molar-refractivity contribution in [2.24, 2.45) is 0 Å². The van der Waals surface area contributed by atoms with Crippen molar-refractivity contribution in [3.8, 4) is 0 Å². The van der Waals surface area contributed by atoms with Gasteiger partial charge in [0.1, 0.15) is 0 Å². The Hall–Kier alpha value is -1.29. The van der Waals surface area contributed by atoms with Crippen LogP contribution in [0, 0.1) is 13.8 Å². The summed E-state index contributed by atoms with van der Waals surface area (Å²) in [7, 11) is 0. The van der Waals surface area contributed by atoms with Crippen LogP contribution in [-0.2, 0) is 5.92 Å². The van der Waals surface area contributed by atoms with Crippen molar-refractivity contribution < 1.29 is 8.78 Å². The zero-order valence-corrected chi connectivity index (χ0v) is 10.9. The molecule has 0 fully saturated rings. The molecule has 2 rings (SSSR count). The smallest absolute Gasteiger partial charge is 0.262 e. The Balaban J connectivity index is 0.000000181. The second-order valence-corrected chi connectivity index (χ2v) is 5.06. The van der Waals surface area contributed by atoms with Crippen LogP contribution in [0.25, 0.3) is 0 Å². The first-order valence-corrected chi connectivity index (χ1v) is 6.03. The first kappa shape index (κ1) is 13.8. The minimum atomic E-state index is -2.67. The molecule has 0 aliphatic carbocycles. The van der Waals surface area contributed by atoms with E-state index in [0.29, 0.717) is 0 Å². The predicted octanol–water partition coefficient (Wildman–Crippen LogP) is 4.56. The third-order valence-corrected chi connectivity index (χ3v) is 3.16. The molecule has 0 unspecified atom stereocenters. The second kappa shape index (κ2) is 5.87. The van der Waals surface area contributed by atoms with E-state index in [0.717, 1.165) is 28.8 Å². The fourth-order valence-corrected chi connectivity index (χ4v) is 1.92. The van der Waals surface area contributed by atoms with Crippen LogP contribution in [0.15, 0.2) is 36.5 Å². The molecule has 2 heterocycles. The van der Waals surface area contributed by atoms with Gasteiger partial charge in [0, 0.05) is 23.7 Å². The van der Waals surface area contributed by atoms with E-state index in [9.17, 15) is 8.78 Å². The maximum Gasteiger partial charge on any atom is 0.279 e. The van der Waals surface area contributed by atoms with Gasteiger partial charge in [0.2, 0.25) is 0 Å². The number of thiophene rings is 1. The minimum Gasteiger partial charge on any atom is -0.262 e. The van der Waals surface area contributed by atoms with E-state index in [1.807, 2.05) is 32.0 Å². The summed E-state index contributed by atoms with van der Waals surface area (Å²) in [4.78, 5) is 5.05. The fraction of sp³-hybridized carbons (Fsp3) is 0.308. The van der Waals surface area contributed by atoms with Gasteiger partial charge in [0.05, 0.1) is 4.88 Å². The van der Waals surface area contributed by atoms with Crippen LogP contribution in [0.1, 0.15) is 22.4 Å². The van der Waals surface area contributed by atoms with Crippen LogP contribution in [-0.4, -0.2) is 4.98 Å². The number of halogens is 2. The van der Waals surface area contributed by atoms with Gasteiger partial charge in [-0.25, -0.2) is 8.78 Å². The molecule has 2 aromatic heterocycles. The third kappa shape index (κ3) is 5.04. The van der Waals surface area contributed by atoms with Crippen LogP contribution in [0.5, 0.6) is 0 Å². The van der Waals surface area contributed by atoms with Gasteiger partial charge in [0.15, 0.2) is 0 Å². The van der Waals surface area contributed by atoms with Crippen molar-refractivity contribution >= 4 is 11.3 Å². The lowest BCUT2D eigenvalue weighted by molar-refractivity contribution is 0.0215. The molecule has 0 saturated heterocycles. The zero-order chi connectivity index (χ0) is 12.9. The molecule has 0 aliphatic heterocycles. The van der Waals surface area contributed by atoms with Crippen molar-refractivity contribution in [2.75, 3.05) is 0 Å². The highest BCUT2D eigenvalue weighted by Crippen LogP contribution is 2.32. The summed E-state index contributed by atoms with van der Waals surface area (Å²) in [6.07, 6.45) is 1.79. The molecule has 17 heavy (non-hydrogen) atoms. The summed E-state index contributed by atoms with van der Waals surface area (Å²) in [6.45, 7) is 4.71. The number of aryl methyl sites for hydroxylation is 2. The molecule has 0 saturated carbocycles. The normalized spacial score (nSPS) is 10.6. The van der Waals surface area contributed by atoms with Crippen LogP contribution >= 0.6 is 11.3 Å². The molecular weight excluding hydrogens is 240 g/mol. The van der Waals surface area contributed by atoms with Crippen LogP contribution in [0.3, 0.4) is 0 Å². The first-order valence-electron chi connectivity index (χ1n) is 5.22. The summed E-state index contributed by atoms with van der Waals surface area (Å²) in [6, 6.07) is 9.03. The summed E-state index contributed by atoms with van der Waals surface area (Å²) < 4.78 is 25.0. The number of hydrogen-bond acceptors (Lipinski definition) is 2. The largest absolute Gasteiger partial charge is 0.279 e. The SMILES string of the molecule is Cc1ccc(C(C)(F)F)s1.Cc1ccccn1. The maximum absolute atomic E-state index is 12.5. The lowest BCUT2D eigenvalue weighted by Gasteiger charge is -2.04. The van der Waals surface area contributed by atoms with Crippen LogP contribution in [0.4, 0.5) is 8.78 Å². The van der Waals surface area contributed by atoms with Gasteiger partial charge in [-0.3, -0.25) is 4.98 Å². The standard InChI is InChI=1S/C7H8F2S.C6H7N/c1-5-3-4-6(10-5)7(2,8)9;1-6-4-2-3-5-7-6/h3-4H,1-2H3;2-5H,1H3. The Morgan fingerprint density at radius 2 is 1.82 bits per heavy atom. The summed E-state index contributed by atoms with van der Waals surface area (Å²) in [5, 5.41) is 0. The van der Waals surface area contributed by atoms with Gasteiger partial charge in [-0.15, -0.1) is 11.3 Å². The van der Waals surface area contributed by atoms with Gasteiger partial charge in [-0.05, 0) is 38.1 Å². The quantitative estimate of drug-likeness (QED) is 0.728. The molecule has 0 aliphatic rings. The van der Waals surface area contributed by atoms with Crippen molar-refractivity contribution in [1.29, 1.82) is 0 Å². The van der Waals surface area contributed by atoms with Crippen LogP contribution in [0.2, 0.25) is 0 Å². The minimum absolute atomic E-state index is 0.144. The number of nitrogens with zero attached hydrogens (tertiary/aromatic N) is 1. The molecule has 0 aromatic carbocycles. The summed E-state index contributed by atoms with van der Waals surface area (Å²) in [5.74, 6) is -2.67. The molecular formula is C13H15F2NS. The van der Waals surface area contributed by atoms with E-state index in [4.69, 9.17) is 0 Å². The number of pyridine rings is 1. The molecule has 0 atom stereocenters. The van der Waals surface area contributed by atoms with Gasteiger partial charge in [-0.1, -0.05) is 6.07 Å². The molecule has 0 amide bonds. The van der Waals surface area contributed by atoms with Crippen molar-refractivity contribution in [1.82, 2.24) is 4.98 Å². The highest BCUT2D eigenvalue weighted by atomic mass is 32.1. The average molecular weight is 255 g/mol. The van der Waals surface area contributed by atoms with Crippen molar-refractivity contribution in [2.45, 2.75) is 26.7 Å². The third-order valence-electron chi connectivity index (χ3n) is 1.99. The van der Waals surface area contributed by atoms with E-state index in [1.54, 1.807) is 12.3 Å². The Morgan fingerprint density at radius 3 is 2.06 bits per heavy atom. The number of rotatable bonds is 1. The molecule has 0 bridgehead atoms. The van der Waals surface area contributed by atoms with E-state index >= 15 is 0 Å². The summed E-state index contributed by atoms with van der Waals surface area (Å²) >= 11 is 1.14. The Morgan fingerprint density at radius 1 is 1.12 bits per heavy atom. The lowest BCUT2D eigenvalue weighted by atomic mass is 10.3. The Kier molecular flexibility index (Phi) is 4.75. The van der Waals surface area contributed by atoms with E-state index in [1.165, 1.54) is 6.07 Å². The van der Waals surface area contributed by atoms with Crippen LogP contribution < -0.4 is 0 Å². The lowest BCUT2D eigenvalue weighted by Crippen LogP contribution is -2.02. The maximum atomic E-state index is 12.5. The molecule has 0 radical (unpaired) electrons. The van der Waals surface area contributed by atoms with E-state index in [-0.39, 0.29) is 4.88 Å². The zero-order valence-electron chi connectivity index (χ0n) is 10.1. The van der Waals surface area contributed by atoms with E-state index in [2.05, 4.69) is 4.98 Å². The predicted molar refractivity (Wildman–Crippen MR) is 67.6 cm³/mol. The topological polar surface area (TPSA) is 12.9 Å². The van der Waals surface area contributed by atoms with Gasteiger partial charge < -0.3 is 0 Å². The van der Waals surface area contributed by atoms with Gasteiger partial charge >= 0.3 is 0 Å². The number of hydrogen-bond donors (Lipinski definition) is 0. The second-order valence-electron chi connectivity index (χ2n) is 3.77. The highest BCUT2D eigenvalue weighted by molar-refractivity contribution is 7.12. The molecule has 92 valence electrons. The fourth-order valence-electron chi connectivity index (χ4n) is 1.12. The van der Waals surface area contributed by atoms with Crippen molar-refractivity contribution in [3.63, 3.8) is 0 Å². The first-order chi connectivity index (χ1) is 7.89. The number of alkyl halides is 2. The monoisotopic (exact) mass is 255 g/mol. The average Bonchev–Trinajstić information content (AvgIpc) is 2.66. The number of aromatic nitrogens is 1. The molecule has 0 spiro atoms. The molecule has 4 heteroatoms. The Bertz CT molecular complexity index is 446. The summed E-state index contributed by atoms with van der Waals surface area (Å²) in [5.41, 5.74) is 1.07. The molecule has 2 aromatic rings. The van der Waals surface area contributed by atoms with Gasteiger partial charge in [-0.2, -0.15) is 0 Å². The molecule has 0 N–H and O–H groups in total. The van der Waals surface area contributed by atoms with Gasteiger partial charge in [0.25, 0.3) is 5.92 Å². The highest BCUT2D eigenvalue weighted by Gasteiger charge is 2.25. The Labute approximate surface area is 104 Å². The van der Waals surface area contributed by atoms with Crippen molar-refractivity contribution in [3.05, 3.63) is 52.0 Å². The van der Waals surface area contributed by atoms with E-state index < -0.39 is 5.92 Å². The molecule has 1 nitrogen and oxygen atoms in total.